The predicted molar refractivity (Wildman–Crippen MR) is 144 cm³/mol. The van der Waals surface area contributed by atoms with Gasteiger partial charge in [-0.1, -0.05) is 71.5 Å². The highest BCUT2D eigenvalue weighted by Crippen LogP contribution is 2.18. The number of nitrogens with zero attached hydrogens (tertiary/aromatic N) is 2. The molecule has 0 radical (unpaired) electrons. The lowest BCUT2D eigenvalue weighted by molar-refractivity contribution is -0.119. The van der Waals surface area contributed by atoms with Gasteiger partial charge in [-0.2, -0.15) is 0 Å². The van der Waals surface area contributed by atoms with Gasteiger partial charge in [-0.3, -0.25) is 9.59 Å². The number of benzene rings is 2. The molecule has 3 aromatic rings. The van der Waals surface area contributed by atoms with Crippen molar-refractivity contribution >= 4 is 39.9 Å². The molecule has 2 amide bonds. The van der Waals surface area contributed by atoms with E-state index in [0.717, 1.165) is 35.4 Å². The Morgan fingerprint density at radius 1 is 0.917 bits per heavy atom. The number of anilines is 1. The van der Waals surface area contributed by atoms with Crippen molar-refractivity contribution < 1.29 is 9.59 Å². The summed E-state index contributed by atoms with van der Waals surface area (Å²) in [6.45, 7) is 0. The highest BCUT2D eigenvalue weighted by molar-refractivity contribution is 7.15. The Kier molecular flexibility index (Phi) is 10.5. The molecule has 188 valence electrons. The summed E-state index contributed by atoms with van der Waals surface area (Å²) in [7, 11) is 0. The number of aromatic nitrogens is 2. The zero-order chi connectivity index (χ0) is 25.8. The molecule has 3 rings (SSSR count). The van der Waals surface area contributed by atoms with Crippen LogP contribution < -0.4 is 22.1 Å². The maximum absolute atomic E-state index is 12.2. The maximum Gasteiger partial charge on any atom is 0.230 e. The van der Waals surface area contributed by atoms with E-state index in [1.165, 1.54) is 11.3 Å². The van der Waals surface area contributed by atoms with Gasteiger partial charge in [0.2, 0.25) is 16.9 Å². The smallest absolute Gasteiger partial charge is 0.230 e. The summed E-state index contributed by atoms with van der Waals surface area (Å²) < 4.78 is 0. The van der Waals surface area contributed by atoms with Crippen LogP contribution >= 0.6 is 22.9 Å². The van der Waals surface area contributed by atoms with E-state index in [9.17, 15) is 9.59 Å². The molecule has 1 heterocycles. The number of allylic oxidation sites excluding steroid dienone is 3. The standard InChI is InChI=1S/C26H29ClN6O2S/c27-21-12-6-4-10-19(21)17-24(35)30-22(29)15-14-20(28)11-5-7-13-25-32-33-26(36-25)31-23(34)16-18-8-2-1-3-9-18/h1-4,6,8-10,12,14-15H,5,7,11,13,16-17,28-29H2,(H,30,35)(H,31,33,34)/b20-14-,22-15+. The van der Waals surface area contributed by atoms with Gasteiger partial charge in [0.25, 0.3) is 0 Å². The SMILES string of the molecule is N/C(=C\C=C(/N)NC(=O)Cc1ccccc1Cl)CCCCc1nnc(NC(=O)Cc2ccccc2)s1. The third kappa shape index (κ3) is 9.52. The summed E-state index contributed by atoms with van der Waals surface area (Å²) in [4.78, 5) is 24.3. The van der Waals surface area contributed by atoms with Crippen LogP contribution in [0.5, 0.6) is 0 Å². The number of hydrogen-bond donors (Lipinski definition) is 4. The fourth-order valence-electron chi connectivity index (χ4n) is 3.30. The monoisotopic (exact) mass is 524 g/mol. The van der Waals surface area contributed by atoms with Crippen molar-refractivity contribution in [1.82, 2.24) is 15.5 Å². The fraction of sp³-hybridized carbons (Fsp3) is 0.231. The zero-order valence-electron chi connectivity index (χ0n) is 19.7. The van der Waals surface area contributed by atoms with Crippen molar-refractivity contribution in [3.8, 4) is 0 Å². The molecule has 10 heteroatoms. The molecule has 0 aliphatic carbocycles. The molecule has 0 atom stereocenters. The predicted octanol–water partition coefficient (Wildman–Crippen LogP) is 4.09. The highest BCUT2D eigenvalue weighted by Gasteiger charge is 2.09. The van der Waals surface area contributed by atoms with Crippen LogP contribution in [0.25, 0.3) is 0 Å². The van der Waals surface area contributed by atoms with Gasteiger partial charge in [0.05, 0.1) is 12.8 Å². The van der Waals surface area contributed by atoms with E-state index in [4.69, 9.17) is 23.1 Å². The molecule has 0 aliphatic rings. The lowest BCUT2D eigenvalue weighted by atomic mass is 10.1. The van der Waals surface area contributed by atoms with Gasteiger partial charge in [0.15, 0.2) is 0 Å². The Labute approximate surface area is 219 Å². The lowest BCUT2D eigenvalue weighted by Crippen LogP contribution is -2.28. The Hall–Kier alpha value is -3.69. The first-order chi connectivity index (χ1) is 17.4. The van der Waals surface area contributed by atoms with Gasteiger partial charge in [-0.05, 0) is 48.6 Å². The van der Waals surface area contributed by atoms with Gasteiger partial charge in [0.1, 0.15) is 10.8 Å². The van der Waals surface area contributed by atoms with E-state index in [-0.39, 0.29) is 24.1 Å². The minimum Gasteiger partial charge on any atom is -0.402 e. The number of rotatable bonds is 12. The number of unbranched alkanes of at least 4 members (excludes halogenated alkanes) is 1. The summed E-state index contributed by atoms with van der Waals surface area (Å²) in [5.41, 5.74) is 14.3. The number of carbonyl (C=O) groups excluding carboxylic acids is 2. The fourth-order valence-corrected chi connectivity index (χ4v) is 4.30. The molecule has 6 N–H and O–H groups in total. The van der Waals surface area contributed by atoms with E-state index in [2.05, 4.69) is 20.8 Å². The Bertz CT molecular complexity index is 1230. The van der Waals surface area contributed by atoms with Gasteiger partial charge >= 0.3 is 0 Å². The van der Waals surface area contributed by atoms with Crippen molar-refractivity contribution in [3.05, 3.63) is 99.4 Å². The van der Waals surface area contributed by atoms with Crippen LogP contribution in [-0.2, 0) is 28.9 Å². The van der Waals surface area contributed by atoms with E-state index in [1.54, 1.807) is 24.3 Å². The Balaban J connectivity index is 1.34. The normalized spacial score (nSPS) is 11.8. The third-order valence-corrected chi connectivity index (χ3v) is 6.36. The minimum atomic E-state index is -0.253. The summed E-state index contributed by atoms with van der Waals surface area (Å²) in [6, 6.07) is 16.7. The summed E-state index contributed by atoms with van der Waals surface area (Å²) in [5.74, 6) is -0.156. The zero-order valence-corrected chi connectivity index (χ0v) is 21.3. The van der Waals surface area contributed by atoms with Crippen LogP contribution in [0.4, 0.5) is 5.13 Å². The molecule has 1 aromatic heterocycles. The average Bonchev–Trinajstić information content (AvgIpc) is 3.29. The molecule has 0 aliphatic heterocycles. The average molecular weight is 525 g/mol. The summed E-state index contributed by atoms with van der Waals surface area (Å²) in [6.07, 6.45) is 6.85. The number of nitrogens with one attached hydrogen (secondary N) is 2. The van der Waals surface area contributed by atoms with E-state index in [1.807, 2.05) is 42.5 Å². The van der Waals surface area contributed by atoms with Crippen LogP contribution in [0.1, 0.15) is 35.4 Å². The Morgan fingerprint density at radius 2 is 1.67 bits per heavy atom. The molecule has 0 unspecified atom stereocenters. The number of halogens is 1. The first kappa shape index (κ1) is 26.9. The second-order valence-corrected chi connectivity index (χ2v) is 9.57. The summed E-state index contributed by atoms with van der Waals surface area (Å²) >= 11 is 7.46. The van der Waals surface area contributed by atoms with Crippen molar-refractivity contribution in [1.29, 1.82) is 0 Å². The molecule has 0 spiro atoms. The van der Waals surface area contributed by atoms with Crippen LogP contribution in [0.15, 0.2) is 78.3 Å². The number of nitrogens with two attached hydrogens (primary N) is 2. The quantitative estimate of drug-likeness (QED) is 0.208. The topological polar surface area (TPSA) is 136 Å². The molecule has 0 bridgehead atoms. The first-order valence-electron chi connectivity index (χ1n) is 11.5. The molecule has 0 saturated carbocycles. The molecule has 36 heavy (non-hydrogen) atoms. The first-order valence-corrected chi connectivity index (χ1v) is 12.7. The molecule has 0 fully saturated rings. The van der Waals surface area contributed by atoms with Gasteiger partial charge in [-0.15, -0.1) is 10.2 Å². The highest BCUT2D eigenvalue weighted by atomic mass is 35.5. The largest absolute Gasteiger partial charge is 0.402 e. The van der Waals surface area contributed by atoms with Crippen molar-refractivity contribution in [2.75, 3.05) is 5.32 Å². The lowest BCUT2D eigenvalue weighted by Gasteiger charge is -2.06. The number of hydrogen-bond acceptors (Lipinski definition) is 7. The van der Waals surface area contributed by atoms with Crippen LogP contribution in [0, 0.1) is 0 Å². The van der Waals surface area contributed by atoms with E-state index >= 15 is 0 Å². The third-order valence-electron chi connectivity index (χ3n) is 5.10. The van der Waals surface area contributed by atoms with Crippen LogP contribution in [0.3, 0.4) is 0 Å². The maximum atomic E-state index is 12.2. The van der Waals surface area contributed by atoms with E-state index < -0.39 is 0 Å². The number of carbonyl (C=O) groups is 2. The second kappa shape index (κ2) is 14.0. The second-order valence-electron chi connectivity index (χ2n) is 8.10. The van der Waals surface area contributed by atoms with Crippen molar-refractivity contribution in [2.45, 2.75) is 38.5 Å². The van der Waals surface area contributed by atoms with Gasteiger partial charge in [0, 0.05) is 17.1 Å². The minimum absolute atomic E-state index is 0.116. The molecule has 0 saturated heterocycles. The number of aryl methyl sites for hydroxylation is 1. The summed E-state index contributed by atoms with van der Waals surface area (Å²) in [5, 5.41) is 15.5. The van der Waals surface area contributed by atoms with Gasteiger partial charge in [-0.25, -0.2) is 0 Å². The number of amides is 2. The molecular formula is C26H29ClN6O2S. The van der Waals surface area contributed by atoms with Crippen molar-refractivity contribution in [3.63, 3.8) is 0 Å². The van der Waals surface area contributed by atoms with Crippen molar-refractivity contribution in [2.24, 2.45) is 11.5 Å². The Morgan fingerprint density at radius 3 is 2.44 bits per heavy atom. The molecule has 2 aromatic carbocycles. The van der Waals surface area contributed by atoms with Crippen LogP contribution in [-0.4, -0.2) is 22.0 Å². The molecular weight excluding hydrogens is 496 g/mol. The van der Waals surface area contributed by atoms with Gasteiger partial charge < -0.3 is 22.1 Å². The van der Waals surface area contributed by atoms with E-state index in [0.29, 0.717) is 28.7 Å². The molecule has 8 nitrogen and oxygen atoms in total. The van der Waals surface area contributed by atoms with Crippen LogP contribution in [0.2, 0.25) is 5.02 Å².